The topological polar surface area (TPSA) is 83.5 Å². The second-order valence-electron chi connectivity index (χ2n) is 2.69. The summed E-state index contributed by atoms with van der Waals surface area (Å²) in [5, 5.41) is 17.1. The number of aromatic hydroxyl groups is 1. The highest BCUT2D eigenvalue weighted by Gasteiger charge is 2.41. The van der Waals surface area contributed by atoms with E-state index in [2.05, 4.69) is 0 Å². The van der Waals surface area contributed by atoms with Gasteiger partial charge in [0.1, 0.15) is 5.75 Å². The van der Waals surface area contributed by atoms with Crippen molar-refractivity contribution in [2.24, 2.45) is 0 Å². The maximum Gasteiger partial charge on any atom is 0.379 e. The summed E-state index contributed by atoms with van der Waals surface area (Å²) in [6, 6.07) is 2.50. The van der Waals surface area contributed by atoms with Crippen LogP contribution in [0, 0.1) is 0 Å². The summed E-state index contributed by atoms with van der Waals surface area (Å²) in [5.74, 6) is -6.84. The van der Waals surface area contributed by atoms with Crippen LogP contribution in [-0.2, 0) is 10.7 Å². The van der Waals surface area contributed by atoms with E-state index in [0.29, 0.717) is 6.07 Å². The average molecular weight is 203 g/mol. The lowest BCUT2D eigenvalue weighted by molar-refractivity contribution is -0.166. The van der Waals surface area contributed by atoms with Crippen molar-refractivity contribution in [1.82, 2.24) is 0 Å². The number of hydrogen-bond donors (Lipinski definition) is 3. The van der Waals surface area contributed by atoms with Crippen LogP contribution in [0.1, 0.15) is 5.56 Å². The second-order valence-corrected chi connectivity index (χ2v) is 2.69. The molecule has 0 saturated carbocycles. The smallest absolute Gasteiger partial charge is 0.379 e. The number of benzene rings is 1. The summed E-state index contributed by atoms with van der Waals surface area (Å²) in [5.41, 5.74) is 4.20. The first-order valence-corrected chi connectivity index (χ1v) is 3.55. The largest absolute Gasteiger partial charge is 0.508 e. The van der Waals surface area contributed by atoms with Gasteiger partial charge in [-0.25, -0.2) is 4.79 Å². The van der Waals surface area contributed by atoms with E-state index in [1.807, 2.05) is 0 Å². The zero-order chi connectivity index (χ0) is 10.9. The molecule has 1 aromatic carbocycles. The molecule has 0 aliphatic rings. The van der Waals surface area contributed by atoms with Gasteiger partial charge >= 0.3 is 11.9 Å². The normalized spacial score (nSPS) is 11.3. The van der Waals surface area contributed by atoms with Crippen molar-refractivity contribution in [3.05, 3.63) is 23.8 Å². The third-order valence-corrected chi connectivity index (χ3v) is 1.57. The summed E-state index contributed by atoms with van der Waals surface area (Å²) in [6.45, 7) is 0. The fourth-order valence-electron chi connectivity index (χ4n) is 0.939. The van der Waals surface area contributed by atoms with Crippen LogP contribution in [0.25, 0.3) is 0 Å². The summed E-state index contributed by atoms with van der Waals surface area (Å²) in [7, 11) is 0. The number of halogens is 2. The third kappa shape index (κ3) is 1.73. The highest BCUT2D eigenvalue weighted by molar-refractivity contribution is 5.78. The number of alkyl halides is 2. The molecule has 0 fully saturated rings. The van der Waals surface area contributed by atoms with E-state index in [0.717, 1.165) is 12.1 Å². The number of hydrogen-bond acceptors (Lipinski definition) is 3. The highest BCUT2D eigenvalue weighted by Crippen LogP contribution is 2.32. The Labute approximate surface area is 77.6 Å². The fraction of sp³-hybridized carbons (Fsp3) is 0.125. The number of carbonyl (C=O) groups is 1. The van der Waals surface area contributed by atoms with Gasteiger partial charge in [-0.3, -0.25) is 0 Å². The van der Waals surface area contributed by atoms with Crippen molar-refractivity contribution in [3.8, 4) is 5.75 Å². The summed E-state index contributed by atoms with van der Waals surface area (Å²) in [4.78, 5) is 10.2. The van der Waals surface area contributed by atoms with Gasteiger partial charge in [0.15, 0.2) is 0 Å². The first-order chi connectivity index (χ1) is 6.34. The molecular weight excluding hydrogens is 196 g/mol. The molecule has 0 unspecified atom stereocenters. The van der Waals surface area contributed by atoms with Crippen molar-refractivity contribution in [3.63, 3.8) is 0 Å². The van der Waals surface area contributed by atoms with Crippen molar-refractivity contribution in [2.45, 2.75) is 5.92 Å². The van der Waals surface area contributed by atoms with Crippen LogP contribution < -0.4 is 5.73 Å². The number of phenols is 1. The Morgan fingerprint density at radius 1 is 1.36 bits per heavy atom. The van der Waals surface area contributed by atoms with Gasteiger partial charge in [-0.2, -0.15) is 8.78 Å². The second kappa shape index (κ2) is 3.13. The standard InChI is InChI=1S/C8H7F2NO3/c9-8(10,7(13)14)4-1-5(11)3-6(12)2-4/h1-3,12H,11H2,(H,13,14). The molecule has 0 amide bonds. The van der Waals surface area contributed by atoms with Crippen LogP contribution in [0.15, 0.2) is 18.2 Å². The van der Waals surface area contributed by atoms with Gasteiger partial charge in [-0.15, -0.1) is 0 Å². The Kier molecular flexibility index (Phi) is 2.29. The minimum absolute atomic E-state index is 0.124. The molecule has 0 heterocycles. The average Bonchev–Trinajstić information content (AvgIpc) is 2.01. The van der Waals surface area contributed by atoms with Crippen LogP contribution in [0.2, 0.25) is 0 Å². The molecule has 14 heavy (non-hydrogen) atoms. The number of nitrogen functional groups attached to an aromatic ring is 1. The maximum atomic E-state index is 12.9. The molecule has 4 nitrogen and oxygen atoms in total. The molecular formula is C8H7F2NO3. The van der Waals surface area contributed by atoms with Gasteiger partial charge in [0.25, 0.3) is 0 Å². The fourth-order valence-corrected chi connectivity index (χ4v) is 0.939. The Morgan fingerprint density at radius 2 is 1.93 bits per heavy atom. The van der Waals surface area contributed by atoms with Crippen LogP contribution in [0.5, 0.6) is 5.75 Å². The summed E-state index contributed by atoms with van der Waals surface area (Å²) < 4.78 is 25.7. The molecule has 0 bridgehead atoms. The van der Waals surface area contributed by atoms with Crippen molar-refractivity contribution >= 4 is 11.7 Å². The first kappa shape index (κ1) is 10.2. The van der Waals surface area contributed by atoms with Crippen molar-refractivity contribution in [1.29, 1.82) is 0 Å². The SMILES string of the molecule is Nc1cc(O)cc(C(F)(F)C(=O)O)c1. The van der Waals surface area contributed by atoms with Crippen LogP contribution in [0.4, 0.5) is 14.5 Å². The van der Waals surface area contributed by atoms with E-state index in [1.54, 1.807) is 0 Å². The molecule has 76 valence electrons. The lowest BCUT2D eigenvalue weighted by Crippen LogP contribution is -2.25. The molecule has 0 aliphatic carbocycles. The highest BCUT2D eigenvalue weighted by atomic mass is 19.3. The molecule has 0 aromatic heterocycles. The zero-order valence-electron chi connectivity index (χ0n) is 6.87. The molecule has 0 saturated heterocycles. The van der Waals surface area contributed by atoms with E-state index in [-0.39, 0.29) is 5.69 Å². The van der Waals surface area contributed by atoms with Gasteiger partial charge in [0, 0.05) is 17.3 Å². The number of carboxylic acid groups (broad SMARTS) is 1. The van der Waals surface area contributed by atoms with E-state index in [4.69, 9.17) is 15.9 Å². The van der Waals surface area contributed by atoms with Gasteiger partial charge in [0.05, 0.1) is 0 Å². The molecule has 1 rings (SSSR count). The van der Waals surface area contributed by atoms with Crippen LogP contribution in [0.3, 0.4) is 0 Å². The predicted octanol–water partition coefficient (Wildman–Crippen LogP) is 1.15. The van der Waals surface area contributed by atoms with E-state index >= 15 is 0 Å². The molecule has 4 N–H and O–H groups in total. The maximum absolute atomic E-state index is 12.9. The van der Waals surface area contributed by atoms with Gasteiger partial charge in [0.2, 0.25) is 0 Å². The molecule has 0 aliphatic heterocycles. The van der Waals surface area contributed by atoms with Crippen LogP contribution >= 0.6 is 0 Å². The van der Waals surface area contributed by atoms with E-state index in [1.165, 1.54) is 0 Å². The lowest BCUT2D eigenvalue weighted by Gasteiger charge is -2.12. The number of rotatable bonds is 2. The number of carboxylic acids is 1. The van der Waals surface area contributed by atoms with Gasteiger partial charge < -0.3 is 15.9 Å². The monoisotopic (exact) mass is 203 g/mol. The molecule has 1 aromatic rings. The number of aliphatic carboxylic acids is 1. The molecule has 0 atom stereocenters. The number of phenolic OH excluding ortho intramolecular Hbond substituents is 1. The molecule has 6 heteroatoms. The lowest BCUT2D eigenvalue weighted by atomic mass is 10.1. The molecule has 0 spiro atoms. The Balaban J connectivity index is 3.25. The first-order valence-electron chi connectivity index (χ1n) is 3.55. The molecule has 0 radical (unpaired) electrons. The zero-order valence-corrected chi connectivity index (χ0v) is 6.87. The predicted molar refractivity (Wildman–Crippen MR) is 44.0 cm³/mol. The van der Waals surface area contributed by atoms with Gasteiger partial charge in [-0.1, -0.05) is 0 Å². The Hall–Kier alpha value is -1.85. The summed E-state index contributed by atoms with van der Waals surface area (Å²) in [6.07, 6.45) is 0. The summed E-state index contributed by atoms with van der Waals surface area (Å²) >= 11 is 0. The van der Waals surface area contributed by atoms with E-state index in [9.17, 15) is 13.6 Å². The Bertz CT molecular complexity index is 359. The minimum Gasteiger partial charge on any atom is -0.508 e. The van der Waals surface area contributed by atoms with Crippen molar-refractivity contribution in [2.75, 3.05) is 5.73 Å². The van der Waals surface area contributed by atoms with Crippen molar-refractivity contribution < 1.29 is 23.8 Å². The quantitative estimate of drug-likeness (QED) is 0.629. The van der Waals surface area contributed by atoms with E-state index < -0.39 is 23.2 Å². The number of nitrogens with two attached hydrogens (primary N) is 1. The number of anilines is 1. The minimum atomic E-state index is -4.05. The third-order valence-electron chi connectivity index (χ3n) is 1.57. The van der Waals surface area contributed by atoms with Gasteiger partial charge in [-0.05, 0) is 12.1 Å². The van der Waals surface area contributed by atoms with Crippen LogP contribution in [-0.4, -0.2) is 16.2 Å². The Morgan fingerprint density at radius 3 is 2.36 bits per heavy atom.